The first-order chi connectivity index (χ1) is 10.1. The molecule has 3 aromatic rings. The zero-order chi connectivity index (χ0) is 14.8. The quantitative estimate of drug-likeness (QED) is 0.777. The second kappa shape index (κ2) is 5.16. The summed E-state index contributed by atoms with van der Waals surface area (Å²) in [5.74, 6) is -0.501. The SMILES string of the molecule is Cc1ccc2oc(C(=O)Nc3ncccn3)cc(=O)c2c1. The van der Waals surface area contributed by atoms with E-state index >= 15 is 0 Å². The molecular weight excluding hydrogens is 270 g/mol. The maximum atomic E-state index is 12.1. The number of hydrogen-bond acceptors (Lipinski definition) is 5. The molecule has 0 fully saturated rings. The third kappa shape index (κ3) is 2.64. The van der Waals surface area contributed by atoms with E-state index in [1.165, 1.54) is 18.5 Å². The lowest BCUT2D eigenvalue weighted by atomic mass is 10.1. The molecule has 0 aliphatic rings. The normalized spacial score (nSPS) is 10.5. The van der Waals surface area contributed by atoms with Crippen LogP contribution in [-0.4, -0.2) is 15.9 Å². The van der Waals surface area contributed by atoms with Gasteiger partial charge in [0.05, 0.1) is 5.39 Å². The number of anilines is 1. The van der Waals surface area contributed by atoms with E-state index < -0.39 is 5.91 Å². The van der Waals surface area contributed by atoms with Gasteiger partial charge in [-0.15, -0.1) is 0 Å². The molecule has 0 bridgehead atoms. The van der Waals surface area contributed by atoms with Crippen molar-refractivity contribution in [1.82, 2.24) is 9.97 Å². The Bertz CT molecular complexity index is 872. The van der Waals surface area contributed by atoms with E-state index in [2.05, 4.69) is 15.3 Å². The number of nitrogens with zero attached hydrogens (tertiary/aromatic N) is 2. The number of rotatable bonds is 2. The molecule has 3 rings (SSSR count). The monoisotopic (exact) mass is 281 g/mol. The summed E-state index contributed by atoms with van der Waals surface area (Å²) in [5, 5.41) is 2.91. The Labute approximate surface area is 119 Å². The maximum Gasteiger partial charge on any atom is 0.293 e. The van der Waals surface area contributed by atoms with Crippen LogP contribution in [-0.2, 0) is 0 Å². The summed E-state index contributed by atoms with van der Waals surface area (Å²) in [6.07, 6.45) is 3.00. The van der Waals surface area contributed by atoms with Crippen LogP contribution in [0.25, 0.3) is 11.0 Å². The Morgan fingerprint density at radius 3 is 2.71 bits per heavy atom. The molecule has 0 aliphatic heterocycles. The highest BCUT2D eigenvalue weighted by molar-refractivity contribution is 6.01. The van der Waals surface area contributed by atoms with Crippen molar-refractivity contribution in [3.05, 3.63) is 64.3 Å². The number of aromatic nitrogens is 2. The van der Waals surface area contributed by atoms with Crippen molar-refractivity contribution in [3.8, 4) is 0 Å². The Hall–Kier alpha value is -3.02. The molecule has 2 heterocycles. The van der Waals surface area contributed by atoms with Crippen molar-refractivity contribution in [3.63, 3.8) is 0 Å². The van der Waals surface area contributed by atoms with Gasteiger partial charge in [-0.05, 0) is 25.1 Å². The molecule has 6 nitrogen and oxygen atoms in total. The van der Waals surface area contributed by atoms with Gasteiger partial charge in [-0.2, -0.15) is 0 Å². The second-order valence-corrected chi connectivity index (χ2v) is 4.50. The largest absolute Gasteiger partial charge is 0.451 e. The van der Waals surface area contributed by atoms with Gasteiger partial charge in [0.15, 0.2) is 11.2 Å². The van der Waals surface area contributed by atoms with E-state index in [0.717, 1.165) is 5.56 Å². The lowest BCUT2D eigenvalue weighted by Gasteiger charge is -2.04. The zero-order valence-corrected chi connectivity index (χ0v) is 11.2. The third-order valence-electron chi connectivity index (χ3n) is 2.90. The number of nitrogens with one attached hydrogen (secondary N) is 1. The molecule has 0 aliphatic carbocycles. The lowest BCUT2D eigenvalue weighted by Crippen LogP contribution is -2.16. The predicted octanol–water partition coefficient (Wildman–Crippen LogP) is 2.14. The van der Waals surface area contributed by atoms with Gasteiger partial charge < -0.3 is 4.42 Å². The highest BCUT2D eigenvalue weighted by atomic mass is 16.3. The predicted molar refractivity (Wildman–Crippen MR) is 77.2 cm³/mol. The third-order valence-corrected chi connectivity index (χ3v) is 2.90. The molecule has 0 atom stereocenters. The van der Waals surface area contributed by atoms with Gasteiger partial charge in [-0.3, -0.25) is 14.9 Å². The number of carbonyl (C=O) groups is 1. The molecule has 21 heavy (non-hydrogen) atoms. The molecule has 0 unspecified atom stereocenters. The number of benzene rings is 1. The van der Waals surface area contributed by atoms with E-state index in [0.29, 0.717) is 11.0 Å². The molecule has 1 aromatic carbocycles. The fourth-order valence-electron chi connectivity index (χ4n) is 1.91. The number of fused-ring (bicyclic) bond motifs is 1. The molecule has 0 saturated carbocycles. The number of hydrogen-bond donors (Lipinski definition) is 1. The molecule has 104 valence electrons. The van der Waals surface area contributed by atoms with Gasteiger partial charge in [0.2, 0.25) is 5.95 Å². The van der Waals surface area contributed by atoms with E-state index in [1.54, 1.807) is 18.2 Å². The van der Waals surface area contributed by atoms with Crippen LogP contribution in [0.5, 0.6) is 0 Å². The first-order valence-corrected chi connectivity index (χ1v) is 6.26. The van der Waals surface area contributed by atoms with Crippen LogP contribution in [0.4, 0.5) is 5.95 Å². The summed E-state index contributed by atoms with van der Waals surface area (Å²) in [7, 11) is 0. The van der Waals surface area contributed by atoms with Crippen LogP contribution in [0.15, 0.2) is 51.9 Å². The summed E-state index contributed by atoms with van der Waals surface area (Å²) in [6, 6.07) is 8.01. The Kier molecular flexibility index (Phi) is 3.19. The van der Waals surface area contributed by atoms with Crippen LogP contribution in [0.1, 0.15) is 16.1 Å². The first kappa shape index (κ1) is 13.0. The minimum Gasteiger partial charge on any atom is -0.451 e. The summed E-state index contributed by atoms with van der Waals surface area (Å²) in [4.78, 5) is 31.8. The van der Waals surface area contributed by atoms with Crippen molar-refractivity contribution in [2.24, 2.45) is 0 Å². The van der Waals surface area contributed by atoms with Gasteiger partial charge in [0.25, 0.3) is 5.91 Å². The second-order valence-electron chi connectivity index (χ2n) is 4.50. The molecule has 1 N–H and O–H groups in total. The van der Waals surface area contributed by atoms with Crippen LogP contribution < -0.4 is 10.7 Å². The topological polar surface area (TPSA) is 85.1 Å². The van der Waals surface area contributed by atoms with Crippen molar-refractivity contribution in [2.75, 3.05) is 5.32 Å². The van der Waals surface area contributed by atoms with E-state index in [9.17, 15) is 9.59 Å². The van der Waals surface area contributed by atoms with Crippen molar-refractivity contribution in [1.29, 1.82) is 0 Å². The molecule has 1 amide bonds. The van der Waals surface area contributed by atoms with Gasteiger partial charge in [0.1, 0.15) is 5.58 Å². The Balaban J connectivity index is 1.99. The smallest absolute Gasteiger partial charge is 0.293 e. The summed E-state index contributed by atoms with van der Waals surface area (Å²) < 4.78 is 5.46. The van der Waals surface area contributed by atoms with E-state index in [1.807, 2.05) is 13.0 Å². The van der Waals surface area contributed by atoms with Crippen LogP contribution in [0.2, 0.25) is 0 Å². The van der Waals surface area contributed by atoms with E-state index in [4.69, 9.17) is 4.42 Å². The van der Waals surface area contributed by atoms with Gasteiger partial charge in [-0.25, -0.2) is 9.97 Å². The standard InChI is InChI=1S/C15H11N3O3/c1-9-3-4-12-10(7-9)11(19)8-13(21-12)14(20)18-15-16-5-2-6-17-15/h2-8H,1H3,(H,16,17,18,20). The molecule has 0 saturated heterocycles. The fourth-order valence-corrected chi connectivity index (χ4v) is 1.91. The molecule has 0 spiro atoms. The number of aryl methyl sites for hydroxylation is 1. The van der Waals surface area contributed by atoms with Gasteiger partial charge in [-0.1, -0.05) is 11.6 Å². The molecule has 2 aromatic heterocycles. The van der Waals surface area contributed by atoms with Crippen LogP contribution in [0.3, 0.4) is 0 Å². The summed E-state index contributed by atoms with van der Waals surface area (Å²) in [5.41, 5.74) is 1.05. The van der Waals surface area contributed by atoms with Gasteiger partial charge in [0, 0.05) is 18.5 Å². The number of amides is 1. The lowest BCUT2D eigenvalue weighted by molar-refractivity contribution is 0.0996. The Morgan fingerprint density at radius 2 is 1.95 bits per heavy atom. The molecular formula is C15H11N3O3. The molecule has 6 heteroatoms. The fraction of sp³-hybridized carbons (Fsp3) is 0.0667. The summed E-state index contributed by atoms with van der Waals surface area (Å²) >= 11 is 0. The van der Waals surface area contributed by atoms with Gasteiger partial charge >= 0.3 is 0 Å². The van der Waals surface area contributed by atoms with E-state index in [-0.39, 0.29) is 17.1 Å². The highest BCUT2D eigenvalue weighted by Crippen LogP contribution is 2.14. The maximum absolute atomic E-state index is 12.1. The average Bonchev–Trinajstić information content (AvgIpc) is 2.49. The van der Waals surface area contributed by atoms with Crippen molar-refractivity contribution in [2.45, 2.75) is 6.92 Å². The molecule has 0 radical (unpaired) electrons. The Morgan fingerprint density at radius 1 is 1.19 bits per heavy atom. The van der Waals surface area contributed by atoms with Crippen LogP contribution >= 0.6 is 0 Å². The zero-order valence-electron chi connectivity index (χ0n) is 11.2. The van der Waals surface area contributed by atoms with Crippen molar-refractivity contribution >= 4 is 22.8 Å². The average molecular weight is 281 g/mol. The minimum absolute atomic E-state index is 0.0798. The minimum atomic E-state index is -0.569. The first-order valence-electron chi connectivity index (χ1n) is 6.26. The van der Waals surface area contributed by atoms with Crippen molar-refractivity contribution < 1.29 is 9.21 Å². The number of carbonyl (C=O) groups excluding carboxylic acids is 1. The summed E-state index contributed by atoms with van der Waals surface area (Å²) in [6.45, 7) is 1.88. The van der Waals surface area contributed by atoms with Crippen LogP contribution in [0, 0.1) is 6.92 Å². The highest BCUT2D eigenvalue weighted by Gasteiger charge is 2.13.